The largest absolute Gasteiger partial charge is 0.457 e. The molecule has 0 radical (unpaired) electrons. The lowest BCUT2D eigenvalue weighted by molar-refractivity contribution is -0.133. The van der Waals surface area contributed by atoms with E-state index in [4.69, 9.17) is 4.74 Å². The minimum Gasteiger partial charge on any atom is -0.457 e. The number of hydrogen-bond acceptors (Lipinski definition) is 5. The average Bonchev–Trinajstić information content (AvgIpc) is 2.69. The van der Waals surface area contributed by atoms with Gasteiger partial charge < -0.3 is 14.5 Å². The highest BCUT2D eigenvalue weighted by molar-refractivity contribution is 7.92. The molecule has 1 aliphatic rings. The normalized spacial score (nSPS) is 16.3. The van der Waals surface area contributed by atoms with Gasteiger partial charge in [-0.15, -0.1) is 0 Å². The number of sulfonamides is 1. The van der Waals surface area contributed by atoms with E-state index in [1.165, 1.54) is 4.31 Å². The summed E-state index contributed by atoms with van der Waals surface area (Å²) in [4.78, 5) is 16.8. The third kappa shape index (κ3) is 5.27. The number of nitrogens with zero attached hydrogens (tertiary/aromatic N) is 3. The molecule has 1 atom stereocenters. The van der Waals surface area contributed by atoms with E-state index in [0.717, 1.165) is 19.3 Å². The first-order valence-corrected chi connectivity index (χ1v) is 11.4. The number of anilines is 1. The van der Waals surface area contributed by atoms with Gasteiger partial charge in [0.25, 0.3) is 0 Å². The molecular weight excluding hydrogens is 390 g/mol. The van der Waals surface area contributed by atoms with Crippen LogP contribution >= 0.6 is 0 Å². The number of para-hydroxylation sites is 1. The second-order valence-corrected chi connectivity index (χ2v) is 9.13. The molecule has 1 heterocycles. The summed E-state index contributed by atoms with van der Waals surface area (Å²) >= 11 is 0. The summed E-state index contributed by atoms with van der Waals surface area (Å²) < 4.78 is 32.0. The van der Waals surface area contributed by atoms with Crippen molar-refractivity contribution in [1.82, 2.24) is 9.80 Å². The number of likely N-dealkylation sites (N-methyl/N-ethyl adjacent to an activating group) is 1. The minimum absolute atomic E-state index is 0.187. The lowest BCUT2D eigenvalue weighted by Gasteiger charge is -2.36. The smallest absolute Gasteiger partial charge is 0.246 e. The standard InChI is InChI=1S/C21H27N3O4S/c1-17(21(25)23-15-13-22(2)14-16-23)24(29(3,26)27)18-9-11-20(12-10-18)28-19-7-5-4-6-8-19/h4-12,17H,13-16H2,1-3H3/t17-/m0/s1. The van der Waals surface area contributed by atoms with E-state index in [0.29, 0.717) is 30.3 Å². The molecule has 8 heteroatoms. The molecule has 0 aliphatic carbocycles. The predicted octanol–water partition coefficient (Wildman–Crippen LogP) is 2.41. The van der Waals surface area contributed by atoms with E-state index in [9.17, 15) is 13.2 Å². The van der Waals surface area contributed by atoms with Crippen LogP contribution < -0.4 is 9.04 Å². The molecule has 0 N–H and O–H groups in total. The fourth-order valence-electron chi connectivity index (χ4n) is 3.38. The Balaban J connectivity index is 1.79. The Hall–Kier alpha value is -2.58. The molecule has 1 fully saturated rings. The second kappa shape index (κ2) is 8.84. The summed E-state index contributed by atoms with van der Waals surface area (Å²) in [6.45, 7) is 4.39. The van der Waals surface area contributed by atoms with Crippen LogP contribution in [0, 0.1) is 0 Å². The first-order chi connectivity index (χ1) is 13.8. The summed E-state index contributed by atoms with van der Waals surface area (Å²) in [7, 11) is -1.64. The Kier molecular flexibility index (Phi) is 6.44. The SMILES string of the molecule is C[C@@H](C(=O)N1CCN(C)CC1)N(c1ccc(Oc2ccccc2)cc1)S(C)(=O)=O. The molecule has 0 aromatic heterocycles. The molecule has 156 valence electrons. The van der Waals surface area contributed by atoms with Gasteiger partial charge in [-0.05, 0) is 50.4 Å². The van der Waals surface area contributed by atoms with E-state index < -0.39 is 16.1 Å². The highest BCUT2D eigenvalue weighted by Crippen LogP contribution is 2.27. The fourth-order valence-corrected chi connectivity index (χ4v) is 4.55. The van der Waals surface area contributed by atoms with Crippen molar-refractivity contribution in [2.24, 2.45) is 0 Å². The lowest BCUT2D eigenvalue weighted by atomic mass is 10.2. The quantitative estimate of drug-likeness (QED) is 0.722. The van der Waals surface area contributed by atoms with Crippen LogP contribution in [0.5, 0.6) is 11.5 Å². The molecule has 0 unspecified atom stereocenters. The molecule has 2 aromatic carbocycles. The number of carbonyl (C=O) groups excluding carboxylic acids is 1. The first-order valence-electron chi connectivity index (χ1n) is 9.55. The molecule has 29 heavy (non-hydrogen) atoms. The third-order valence-corrected chi connectivity index (χ3v) is 6.19. The van der Waals surface area contributed by atoms with Crippen molar-refractivity contribution < 1.29 is 17.9 Å². The fraction of sp³-hybridized carbons (Fsp3) is 0.381. The first kappa shape index (κ1) is 21.1. The van der Waals surface area contributed by atoms with Crippen LogP contribution in [0.25, 0.3) is 0 Å². The highest BCUT2D eigenvalue weighted by atomic mass is 32.2. The van der Waals surface area contributed by atoms with Crippen LogP contribution in [0.2, 0.25) is 0 Å². The topological polar surface area (TPSA) is 70.2 Å². The van der Waals surface area contributed by atoms with E-state index >= 15 is 0 Å². The Morgan fingerprint density at radius 2 is 1.52 bits per heavy atom. The van der Waals surface area contributed by atoms with Crippen LogP contribution in [-0.2, 0) is 14.8 Å². The van der Waals surface area contributed by atoms with Crippen molar-refractivity contribution in [3.63, 3.8) is 0 Å². The van der Waals surface area contributed by atoms with Crippen LogP contribution in [0.3, 0.4) is 0 Å². The molecular formula is C21H27N3O4S. The zero-order chi connectivity index (χ0) is 21.0. The number of piperazine rings is 1. The minimum atomic E-state index is -3.65. The number of carbonyl (C=O) groups is 1. The van der Waals surface area contributed by atoms with Crippen molar-refractivity contribution in [3.05, 3.63) is 54.6 Å². The molecule has 3 rings (SSSR count). The van der Waals surface area contributed by atoms with Crippen molar-refractivity contribution in [2.45, 2.75) is 13.0 Å². The van der Waals surface area contributed by atoms with Gasteiger partial charge in [0.1, 0.15) is 17.5 Å². The Labute approximate surface area is 172 Å². The van der Waals surface area contributed by atoms with Gasteiger partial charge >= 0.3 is 0 Å². The number of ether oxygens (including phenoxy) is 1. The van der Waals surface area contributed by atoms with E-state index in [2.05, 4.69) is 4.90 Å². The monoisotopic (exact) mass is 417 g/mol. The maximum atomic E-state index is 13.0. The maximum absolute atomic E-state index is 13.0. The predicted molar refractivity (Wildman–Crippen MR) is 114 cm³/mol. The van der Waals surface area contributed by atoms with Crippen molar-refractivity contribution in [1.29, 1.82) is 0 Å². The Bertz CT molecular complexity index is 924. The maximum Gasteiger partial charge on any atom is 0.246 e. The lowest BCUT2D eigenvalue weighted by Crippen LogP contribution is -2.54. The van der Waals surface area contributed by atoms with Crippen molar-refractivity contribution in [3.8, 4) is 11.5 Å². The van der Waals surface area contributed by atoms with Crippen LogP contribution in [-0.4, -0.2) is 69.6 Å². The van der Waals surface area contributed by atoms with Crippen LogP contribution in [0.15, 0.2) is 54.6 Å². The van der Waals surface area contributed by atoms with Gasteiger partial charge in [0, 0.05) is 26.2 Å². The number of rotatable bonds is 6. The van der Waals surface area contributed by atoms with Crippen LogP contribution in [0.4, 0.5) is 5.69 Å². The molecule has 1 aliphatic heterocycles. The van der Waals surface area contributed by atoms with Gasteiger partial charge in [-0.25, -0.2) is 8.42 Å². The third-order valence-electron chi connectivity index (χ3n) is 4.95. The molecule has 1 saturated heterocycles. The molecule has 7 nitrogen and oxygen atoms in total. The van der Waals surface area contributed by atoms with E-state index in [-0.39, 0.29) is 5.91 Å². The Morgan fingerprint density at radius 3 is 2.07 bits per heavy atom. The number of hydrogen-bond donors (Lipinski definition) is 0. The summed E-state index contributed by atoms with van der Waals surface area (Å²) in [5, 5.41) is 0. The van der Waals surface area contributed by atoms with Gasteiger partial charge in [-0.2, -0.15) is 0 Å². The van der Waals surface area contributed by atoms with E-state index in [1.807, 2.05) is 37.4 Å². The molecule has 1 amide bonds. The van der Waals surface area contributed by atoms with Gasteiger partial charge in [0.15, 0.2) is 0 Å². The highest BCUT2D eigenvalue weighted by Gasteiger charge is 2.33. The van der Waals surface area contributed by atoms with Crippen molar-refractivity contribution >= 4 is 21.6 Å². The second-order valence-electron chi connectivity index (χ2n) is 7.27. The number of amides is 1. The van der Waals surface area contributed by atoms with Gasteiger partial charge in [0.05, 0.1) is 11.9 Å². The summed E-state index contributed by atoms with van der Waals surface area (Å²) in [5.74, 6) is 1.10. The van der Waals surface area contributed by atoms with E-state index in [1.54, 1.807) is 36.1 Å². The summed E-state index contributed by atoms with van der Waals surface area (Å²) in [5.41, 5.74) is 0.433. The molecule has 0 saturated carbocycles. The van der Waals surface area contributed by atoms with Gasteiger partial charge in [-0.3, -0.25) is 9.10 Å². The van der Waals surface area contributed by atoms with Crippen LogP contribution in [0.1, 0.15) is 6.92 Å². The molecule has 0 spiro atoms. The average molecular weight is 418 g/mol. The summed E-state index contributed by atoms with van der Waals surface area (Å²) in [6.07, 6.45) is 1.12. The molecule has 0 bridgehead atoms. The zero-order valence-electron chi connectivity index (χ0n) is 17.0. The number of benzene rings is 2. The molecule has 2 aromatic rings. The van der Waals surface area contributed by atoms with Crippen molar-refractivity contribution in [2.75, 3.05) is 43.8 Å². The summed E-state index contributed by atoms with van der Waals surface area (Å²) in [6, 6.07) is 15.2. The Morgan fingerprint density at radius 1 is 0.966 bits per heavy atom. The van der Waals surface area contributed by atoms with Gasteiger partial charge in [-0.1, -0.05) is 18.2 Å². The van der Waals surface area contributed by atoms with Gasteiger partial charge in [0.2, 0.25) is 15.9 Å². The zero-order valence-corrected chi connectivity index (χ0v) is 17.8.